The Labute approximate surface area is 176 Å². The number of hydrogen-bond acceptors (Lipinski definition) is 5. The number of anilines is 1. The Bertz CT molecular complexity index is 1030. The van der Waals surface area contributed by atoms with Gasteiger partial charge in [0.1, 0.15) is 5.82 Å². The number of carbonyl (C=O) groups excluding carboxylic acids is 1. The lowest BCUT2D eigenvalue weighted by molar-refractivity contribution is -0.123. The number of likely N-dealkylation sites (tertiary alicyclic amines) is 1. The van der Waals surface area contributed by atoms with Gasteiger partial charge in [0.2, 0.25) is 5.91 Å². The van der Waals surface area contributed by atoms with E-state index in [-0.39, 0.29) is 11.9 Å². The molecule has 1 unspecified atom stereocenters. The summed E-state index contributed by atoms with van der Waals surface area (Å²) < 4.78 is 2.06. The molecule has 154 valence electrons. The first-order valence-electron chi connectivity index (χ1n) is 10.5. The number of aromatic nitrogens is 3. The third-order valence-electron chi connectivity index (χ3n) is 5.92. The molecular weight excluding hydrogens is 376 g/mol. The van der Waals surface area contributed by atoms with E-state index in [1.807, 2.05) is 61.7 Å². The fourth-order valence-corrected chi connectivity index (χ4v) is 4.20. The molecule has 7 nitrogen and oxygen atoms in total. The number of hydrogen-bond donors (Lipinski definition) is 0. The summed E-state index contributed by atoms with van der Waals surface area (Å²) in [7, 11) is 0. The Hall–Kier alpha value is -3.24. The van der Waals surface area contributed by atoms with Crippen LogP contribution in [0, 0.1) is 11.3 Å². The molecule has 0 saturated carbocycles. The SMILES string of the molecule is CC(C(=O)N(CCC#N)c1ccccc1)N1CCC(c2nnc3ccccn23)CC1. The molecule has 1 fully saturated rings. The molecule has 3 heterocycles. The summed E-state index contributed by atoms with van der Waals surface area (Å²) in [5.74, 6) is 1.39. The molecule has 1 saturated heterocycles. The lowest BCUT2D eigenvalue weighted by Gasteiger charge is -2.37. The van der Waals surface area contributed by atoms with Crippen LogP contribution in [0.25, 0.3) is 5.65 Å². The molecule has 0 radical (unpaired) electrons. The van der Waals surface area contributed by atoms with E-state index >= 15 is 0 Å². The molecular formula is C23H26N6O. The molecule has 2 aromatic heterocycles. The number of piperidine rings is 1. The highest BCUT2D eigenvalue weighted by molar-refractivity contribution is 5.97. The zero-order valence-corrected chi connectivity index (χ0v) is 17.2. The number of benzene rings is 1. The molecule has 1 aliphatic heterocycles. The van der Waals surface area contributed by atoms with Gasteiger partial charge in [-0.3, -0.25) is 14.1 Å². The minimum Gasteiger partial charge on any atom is -0.310 e. The van der Waals surface area contributed by atoms with Crippen molar-refractivity contribution in [1.29, 1.82) is 5.26 Å². The van der Waals surface area contributed by atoms with Crippen molar-refractivity contribution in [2.24, 2.45) is 0 Å². The number of fused-ring (bicyclic) bond motifs is 1. The van der Waals surface area contributed by atoms with Crippen LogP contribution in [0.1, 0.15) is 37.9 Å². The predicted octanol–water partition coefficient (Wildman–Crippen LogP) is 3.24. The quantitative estimate of drug-likeness (QED) is 0.633. The molecule has 3 aromatic rings. The summed E-state index contributed by atoms with van der Waals surface area (Å²) >= 11 is 0. The molecule has 0 N–H and O–H groups in total. The zero-order chi connectivity index (χ0) is 20.9. The van der Waals surface area contributed by atoms with E-state index in [9.17, 15) is 4.79 Å². The number of pyridine rings is 1. The molecule has 1 aliphatic rings. The molecule has 0 bridgehead atoms. The largest absolute Gasteiger partial charge is 0.310 e. The summed E-state index contributed by atoms with van der Waals surface area (Å²) in [6, 6.07) is 17.5. The fourth-order valence-electron chi connectivity index (χ4n) is 4.20. The molecule has 7 heteroatoms. The van der Waals surface area contributed by atoms with Gasteiger partial charge in [0.05, 0.1) is 18.5 Å². The van der Waals surface area contributed by atoms with Crippen LogP contribution in [0.3, 0.4) is 0 Å². The van der Waals surface area contributed by atoms with Gasteiger partial charge in [-0.2, -0.15) is 5.26 Å². The highest BCUT2D eigenvalue weighted by Gasteiger charge is 2.31. The number of nitriles is 1. The van der Waals surface area contributed by atoms with E-state index in [4.69, 9.17) is 5.26 Å². The third-order valence-corrected chi connectivity index (χ3v) is 5.92. The van der Waals surface area contributed by atoms with Crippen LogP contribution in [0.2, 0.25) is 0 Å². The summed E-state index contributed by atoms with van der Waals surface area (Å²) in [5.41, 5.74) is 1.71. The third kappa shape index (κ3) is 4.05. The first kappa shape index (κ1) is 20.0. The minimum atomic E-state index is -0.236. The Morgan fingerprint density at radius 2 is 1.90 bits per heavy atom. The second kappa shape index (κ2) is 9.06. The van der Waals surface area contributed by atoms with Gasteiger partial charge in [-0.25, -0.2) is 0 Å². The zero-order valence-electron chi connectivity index (χ0n) is 17.2. The summed E-state index contributed by atoms with van der Waals surface area (Å²) in [4.78, 5) is 17.3. The molecule has 0 aliphatic carbocycles. The van der Waals surface area contributed by atoms with Gasteiger partial charge in [0.15, 0.2) is 5.65 Å². The first-order valence-corrected chi connectivity index (χ1v) is 10.5. The van der Waals surface area contributed by atoms with Crippen LogP contribution in [-0.2, 0) is 4.79 Å². The molecule has 1 aromatic carbocycles. The number of rotatable bonds is 6. The second-order valence-electron chi connectivity index (χ2n) is 7.71. The summed E-state index contributed by atoms with van der Waals surface area (Å²) in [5, 5.41) is 17.7. The Morgan fingerprint density at radius 3 is 2.63 bits per heavy atom. The fraction of sp³-hybridized carbons (Fsp3) is 0.391. The number of para-hydroxylation sites is 1. The lowest BCUT2D eigenvalue weighted by Crippen LogP contribution is -2.50. The maximum Gasteiger partial charge on any atom is 0.244 e. The Kier molecular flexibility index (Phi) is 6.05. The molecule has 30 heavy (non-hydrogen) atoms. The summed E-state index contributed by atoms with van der Waals surface area (Å²) in [6.07, 6.45) is 4.21. The lowest BCUT2D eigenvalue weighted by atomic mass is 9.95. The highest BCUT2D eigenvalue weighted by atomic mass is 16.2. The average Bonchev–Trinajstić information content (AvgIpc) is 3.24. The standard InChI is InChI=1S/C23H26N6O/c1-18(23(30)28(15-7-13-24)20-8-3-2-4-9-20)27-16-11-19(12-17-27)22-26-25-21-10-5-6-14-29(21)22/h2-6,8-10,14,18-19H,7,11-12,15-17H2,1H3. The van der Waals surface area contributed by atoms with Crippen molar-refractivity contribution >= 4 is 17.2 Å². The number of carbonyl (C=O) groups is 1. The number of amides is 1. The van der Waals surface area contributed by atoms with E-state index < -0.39 is 0 Å². The minimum absolute atomic E-state index is 0.0443. The van der Waals surface area contributed by atoms with Gasteiger partial charge in [0.25, 0.3) is 0 Å². The van der Waals surface area contributed by atoms with Crippen LogP contribution in [-0.4, -0.2) is 51.1 Å². The van der Waals surface area contributed by atoms with Crippen molar-refractivity contribution < 1.29 is 4.79 Å². The van der Waals surface area contributed by atoms with Crippen LogP contribution in [0.15, 0.2) is 54.7 Å². The molecule has 1 atom stereocenters. The van der Waals surface area contributed by atoms with Gasteiger partial charge in [0, 0.05) is 24.3 Å². The molecule has 0 spiro atoms. The maximum atomic E-state index is 13.3. The van der Waals surface area contributed by atoms with Gasteiger partial charge in [-0.05, 0) is 57.1 Å². The molecule has 4 rings (SSSR count). The van der Waals surface area contributed by atoms with E-state index in [2.05, 4.69) is 25.6 Å². The van der Waals surface area contributed by atoms with Gasteiger partial charge in [-0.1, -0.05) is 24.3 Å². The Balaban J connectivity index is 1.43. The van der Waals surface area contributed by atoms with Crippen LogP contribution < -0.4 is 4.90 Å². The van der Waals surface area contributed by atoms with E-state index in [0.717, 1.165) is 43.1 Å². The van der Waals surface area contributed by atoms with Crippen molar-refractivity contribution in [3.05, 3.63) is 60.6 Å². The monoisotopic (exact) mass is 402 g/mol. The van der Waals surface area contributed by atoms with Crippen molar-refractivity contribution in [1.82, 2.24) is 19.5 Å². The smallest absolute Gasteiger partial charge is 0.244 e. The normalized spacial score (nSPS) is 16.3. The molecule has 1 amide bonds. The first-order chi connectivity index (χ1) is 14.7. The predicted molar refractivity (Wildman–Crippen MR) is 115 cm³/mol. The Morgan fingerprint density at radius 1 is 1.17 bits per heavy atom. The van der Waals surface area contributed by atoms with Gasteiger partial charge < -0.3 is 4.90 Å². The van der Waals surface area contributed by atoms with Crippen molar-refractivity contribution in [2.45, 2.75) is 38.1 Å². The van der Waals surface area contributed by atoms with Crippen molar-refractivity contribution in [3.8, 4) is 6.07 Å². The van der Waals surface area contributed by atoms with Crippen molar-refractivity contribution in [3.63, 3.8) is 0 Å². The van der Waals surface area contributed by atoms with E-state index in [1.165, 1.54) is 0 Å². The van der Waals surface area contributed by atoms with Crippen LogP contribution >= 0.6 is 0 Å². The van der Waals surface area contributed by atoms with Crippen LogP contribution in [0.4, 0.5) is 5.69 Å². The van der Waals surface area contributed by atoms with Gasteiger partial charge >= 0.3 is 0 Å². The highest BCUT2D eigenvalue weighted by Crippen LogP contribution is 2.28. The second-order valence-corrected chi connectivity index (χ2v) is 7.71. The van der Waals surface area contributed by atoms with Gasteiger partial charge in [-0.15, -0.1) is 10.2 Å². The average molecular weight is 403 g/mol. The maximum absolute atomic E-state index is 13.3. The van der Waals surface area contributed by atoms with E-state index in [0.29, 0.717) is 18.9 Å². The number of nitrogens with zero attached hydrogens (tertiary/aromatic N) is 6. The summed E-state index contributed by atoms with van der Waals surface area (Å²) in [6.45, 7) is 4.05. The topological polar surface area (TPSA) is 77.5 Å². The van der Waals surface area contributed by atoms with Crippen molar-refractivity contribution in [2.75, 3.05) is 24.5 Å². The van der Waals surface area contributed by atoms with Crippen LogP contribution in [0.5, 0.6) is 0 Å². The van der Waals surface area contributed by atoms with E-state index in [1.54, 1.807) is 4.90 Å².